The molecule has 1 amide bonds. The molecule has 0 radical (unpaired) electrons. The first-order valence-corrected chi connectivity index (χ1v) is 9.20. The summed E-state index contributed by atoms with van der Waals surface area (Å²) in [6.07, 6.45) is 0. The highest BCUT2D eigenvalue weighted by Gasteiger charge is 2.20. The maximum atomic E-state index is 12.2. The van der Waals surface area contributed by atoms with Crippen molar-refractivity contribution in [3.63, 3.8) is 0 Å². The molecular formula is C18H21N5O2S. The van der Waals surface area contributed by atoms with E-state index >= 15 is 0 Å². The van der Waals surface area contributed by atoms with Crippen LogP contribution in [0.15, 0.2) is 46.1 Å². The molecule has 0 fully saturated rings. The lowest BCUT2D eigenvalue weighted by atomic mass is 9.92. The minimum Gasteiger partial charge on any atom is -0.338 e. The minimum atomic E-state index is -0.188. The second kappa shape index (κ2) is 7.33. The molecule has 0 bridgehead atoms. The fourth-order valence-electron chi connectivity index (χ4n) is 2.30. The highest BCUT2D eigenvalue weighted by Crippen LogP contribution is 2.25. The van der Waals surface area contributed by atoms with Crippen molar-refractivity contribution in [1.82, 2.24) is 19.9 Å². The SMILES string of the molecule is Cc1nnc(SCC(=O)Nc2cc(C(C)(C)C)no2)n1-c1ccccc1. The maximum absolute atomic E-state index is 12.2. The number of hydrogen-bond donors (Lipinski definition) is 1. The molecule has 3 aromatic rings. The lowest BCUT2D eigenvalue weighted by Crippen LogP contribution is -2.14. The van der Waals surface area contributed by atoms with Crippen molar-refractivity contribution in [3.8, 4) is 5.69 Å². The molecular weight excluding hydrogens is 350 g/mol. The van der Waals surface area contributed by atoms with Gasteiger partial charge in [-0.25, -0.2) is 0 Å². The summed E-state index contributed by atoms with van der Waals surface area (Å²) in [7, 11) is 0. The molecule has 2 heterocycles. The number of nitrogens with zero attached hydrogens (tertiary/aromatic N) is 4. The molecule has 0 saturated carbocycles. The summed E-state index contributed by atoms with van der Waals surface area (Å²) in [5.41, 5.74) is 1.62. The second-order valence-electron chi connectivity index (χ2n) is 6.86. The van der Waals surface area contributed by atoms with Gasteiger partial charge >= 0.3 is 0 Å². The summed E-state index contributed by atoms with van der Waals surface area (Å²) in [6, 6.07) is 11.6. The molecule has 136 valence electrons. The molecule has 0 aliphatic rings. The van der Waals surface area contributed by atoms with E-state index in [0.29, 0.717) is 11.0 Å². The number of thioether (sulfide) groups is 1. The summed E-state index contributed by atoms with van der Waals surface area (Å²) in [4.78, 5) is 12.2. The lowest BCUT2D eigenvalue weighted by Gasteiger charge is -2.12. The van der Waals surface area contributed by atoms with Crippen molar-refractivity contribution in [1.29, 1.82) is 0 Å². The highest BCUT2D eigenvalue weighted by molar-refractivity contribution is 7.99. The summed E-state index contributed by atoms with van der Waals surface area (Å²) >= 11 is 1.32. The van der Waals surface area contributed by atoms with Crippen LogP contribution in [-0.4, -0.2) is 31.6 Å². The van der Waals surface area contributed by atoms with Gasteiger partial charge < -0.3 is 4.52 Å². The molecule has 0 unspecified atom stereocenters. The van der Waals surface area contributed by atoms with Crippen molar-refractivity contribution in [2.24, 2.45) is 0 Å². The van der Waals surface area contributed by atoms with E-state index in [1.54, 1.807) is 6.07 Å². The summed E-state index contributed by atoms with van der Waals surface area (Å²) in [6.45, 7) is 7.98. The van der Waals surface area contributed by atoms with Crippen LogP contribution in [0.3, 0.4) is 0 Å². The zero-order chi connectivity index (χ0) is 18.7. The lowest BCUT2D eigenvalue weighted by molar-refractivity contribution is -0.113. The number of anilines is 1. The van der Waals surface area contributed by atoms with Crippen molar-refractivity contribution >= 4 is 23.6 Å². The van der Waals surface area contributed by atoms with Gasteiger partial charge in [-0.2, -0.15) is 0 Å². The van der Waals surface area contributed by atoms with E-state index in [1.165, 1.54) is 11.8 Å². The number of carbonyl (C=O) groups is 1. The zero-order valence-corrected chi connectivity index (χ0v) is 16.0. The predicted octanol–water partition coefficient (Wildman–Crippen LogP) is 3.59. The average molecular weight is 371 g/mol. The zero-order valence-electron chi connectivity index (χ0n) is 15.2. The van der Waals surface area contributed by atoms with E-state index in [-0.39, 0.29) is 17.1 Å². The first-order valence-electron chi connectivity index (χ1n) is 8.22. The molecule has 1 aromatic carbocycles. The second-order valence-corrected chi connectivity index (χ2v) is 7.81. The number of benzene rings is 1. The third kappa shape index (κ3) is 4.13. The normalized spacial score (nSPS) is 11.5. The molecule has 0 atom stereocenters. The molecule has 0 aliphatic heterocycles. The molecule has 2 aromatic heterocycles. The third-order valence-corrected chi connectivity index (χ3v) is 4.61. The van der Waals surface area contributed by atoms with Gasteiger partial charge in [0.05, 0.1) is 11.4 Å². The van der Waals surface area contributed by atoms with Gasteiger partial charge in [-0.15, -0.1) is 10.2 Å². The van der Waals surface area contributed by atoms with Gasteiger partial charge in [0.1, 0.15) is 5.82 Å². The standard InChI is InChI=1S/C18H21N5O2S/c1-12-20-21-17(23(12)13-8-6-5-7-9-13)26-11-15(24)19-16-10-14(22-25-16)18(2,3)4/h5-10H,11H2,1-4H3,(H,19,24). The fraction of sp³-hybridized carbons (Fsp3) is 0.333. The largest absolute Gasteiger partial charge is 0.338 e. The monoisotopic (exact) mass is 371 g/mol. The molecule has 0 saturated heterocycles. The first-order chi connectivity index (χ1) is 12.3. The molecule has 8 heteroatoms. The van der Waals surface area contributed by atoms with Crippen LogP contribution in [0.4, 0.5) is 5.88 Å². The summed E-state index contributed by atoms with van der Waals surface area (Å²) < 4.78 is 7.11. The number of hydrogen-bond acceptors (Lipinski definition) is 6. The van der Waals surface area contributed by atoms with Crippen LogP contribution in [0.2, 0.25) is 0 Å². The van der Waals surface area contributed by atoms with Crippen LogP contribution in [-0.2, 0) is 10.2 Å². The molecule has 1 N–H and O–H groups in total. The highest BCUT2D eigenvalue weighted by atomic mass is 32.2. The quantitative estimate of drug-likeness (QED) is 0.690. The van der Waals surface area contributed by atoms with E-state index in [0.717, 1.165) is 17.2 Å². The van der Waals surface area contributed by atoms with E-state index in [2.05, 4.69) is 20.7 Å². The topological polar surface area (TPSA) is 85.8 Å². The predicted molar refractivity (Wildman–Crippen MR) is 101 cm³/mol. The summed E-state index contributed by atoms with van der Waals surface area (Å²) in [5, 5.41) is 15.7. The van der Waals surface area contributed by atoms with Gasteiger partial charge in [-0.05, 0) is 19.1 Å². The fourth-order valence-corrected chi connectivity index (χ4v) is 3.10. The van der Waals surface area contributed by atoms with Crippen molar-refractivity contribution in [2.75, 3.05) is 11.1 Å². The van der Waals surface area contributed by atoms with Crippen LogP contribution in [0.1, 0.15) is 32.3 Å². The van der Waals surface area contributed by atoms with Crippen LogP contribution >= 0.6 is 11.8 Å². The maximum Gasteiger partial charge on any atom is 0.237 e. The van der Waals surface area contributed by atoms with Crippen LogP contribution in [0.25, 0.3) is 5.69 Å². The van der Waals surface area contributed by atoms with Crippen molar-refractivity contribution in [3.05, 3.63) is 47.9 Å². The van der Waals surface area contributed by atoms with Gasteiger partial charge in [0.25, 0.3) is 0 Å². The van der Waals surface area contributed by atoms with Gasteiger partial charge in [-0.3, -0.25) is 14.7 Å². The number of para-hydroxylation sites is 1. The van der Waals surface area contributed by atoms with Crippen LogP contribution in [0, 0.1) is 6.92 Å². The number of aromatic nitrogens is 4. The van der Waals surface area contributed by atoms with Gasteiger partial charge in [0.15, 0.2) is 5.16 Å². The van der Waals surface area contributed by atoms with E-state index in [4.69, 9.17) is 4.52 Å². The van der Waals surface area contributed by atoms with E-state index in [9.17, 15) is 4.79 Å². The number of rotatable bonds is 5. The molecule has 26 heavy (non-hydrogen) atoms. The van der Waals surface area contributed by atoms with Gasteiger partial charge in [-0.1, -0.05) is 55.9 Å². The summed E-state index contributed by atoms with van der Waals surface area (Å²) in [5.74, 6) is 1.12. The Labute approximate surface area is 156 Å². The van der Waals surface area contributed by atoms with Gasteiger partial charge in [0.2, 0.25) is 11.8 Å². The van der Waals surface area contributed by atoms with Gasteiger partial charge in [0, 0.05) is 17.2 Å². The Hall–Kier alpha value is -2.61. The molecule has 7 nitrogen and oxygen atoms in total. The first kappa shape index (κ1) is 18.2. The Morgan fingerprint density at radius 3 is 2.62 bits per heavy atom. The molecule has 0 aliphatic carbocycles. The average Bonchev–Trinajstić information content (AvgIpc) is 3.20. The number of nitrogens with one attached hydrogen (secondary N) is 1. The Morgan fingerprint density at radius 1 is 1.23 bits per heavy atom. The van der Waals surface area contributed by atoms with E-state index in [1.807, 2.05) is 62.6 Å². The molecule has 0 spiro atoms. The third-order valence-electron chi connectivity index (χ3n) is 3.68. The Bertz CT molecular complexity index is 896. The number of amides is 1. The smallest absolute Gasteiger partial charge is 0.237 e. The Kier molecular flexibility index (Phi) is 5.13. The van der Waals surface area contributed by atoms with E-state index < -0.39 is 0 Å². The van der Waals surface area contributed by atoms with Crippen molar-refractivity contribution in [2.45, 2.75) is 38.3 Å². The number of carbonyl (C=O) groups excluding carboxylic acids is 1. The minimum absolute atomic E-state index is 0.134. The Morgan fingerprint density at radius 2 is 1.96 bits per heavy atom. The van der Waals surface area contributed by atoms with Crippen LogP contribution < -0.4 is 5.32 Å². The van der Waals surface area contributed by atoms with Crippen LogP contribution in [0.5, 0.6) is 0 Å². The Balaban J connectivity index is 1.65. The number of aryl methyl sites for hydroxylation is 1. The van der Waals surface area contributed by atoms with Crippen molar-refractivity contribution < 1.29 is 9.32 Å². The molecule has 3 rings (SSSR count).